The number of hydrogen-bond acceptors (Lipinski definition) is 3. The minimum atomic E-state index is 0.0634. The minimum absolute atomic E-state index is 0.0634. The van der Waals surface area contributed by atoms with E-state index in [-0.39, 0.29) is 6.03 Å². The van der Waals surface area contributed by atoms with E-state index in [0.29, 0.717) is 0 Å². The summed E-state index contributed by atoms with van der Waals surface area (Å²) in [7, 11) is 4.09. The van der Waals surface area contributed by atoms with Crippen LogP contribution in [0.4, 0.5) is 10.5 Å². The van der Waals surface area contributed by atoms with E-state index in [4.69, 9.17) is 0 Å². The first-order chi connectivity index (χ1) is 11.0. The van der Waals surface area contributed by atoms with Crippen LogP contribution in [0.3, 0.4) is 0 Å². The SMILES string of the molecule is Cc1ccc(N2CCN(C(=O)NCCCN(C)C)CC2)cc1Br. The number of nitrogens with zero attached hydrogens (tertiary/aromatic N) is 3. The summed E-state index contributed by atoms with van der Waals surface area (Å²) in [6.45, 7) is 7.11. The number of amides is 2. The van der Waals surface area contributed by atoms with Gasteiger partial charge < -0.3 is 20.0 Å². The fourth-order valence-corrected chi connectivity index (χ4v) is 3.02. The highest BCUT2D eigenvalue weighted by atomic mass is 79.9. The van der Waals surface area contributed by atoms with Crippen LogP contribution >= 0.6 is 15.9 Å². The van der Waals surface area contributed by atoms with E-state index in [9.17, 15) is 4.79 Å². The first kappa shape index (κ1) is 18.1. The molecule has 128 valence electrons. The van der Waals surface area contributed by atoms with Gasteiger partial charge in [-0.1, -0.05) is 22.0 Å². The molecular formula is C17H27BrN4O. The molecule has 0 saturated carbocycles. The van der Waals surface area contributed by atoms with Gasteiger partial charge in [0.15, 0.2) is 0 Å². The number of nitrogens with one attached hydrogen (secondary N) is 1. The molecule has 5 nitrogen and oxygen atoms in total. The van der Waals surface area contributed by atoms with Crippen molar-refractivity contribution in [3.05, 3.63) is 28.2 Å². The van der Waals surface area contributed by atoms with Gasteiger partial charge in [-0.05, 0) is 51.7 Å². The van der Waals surface area contributed by atoms with Crippen molar-refractivity contribution in [3.8, 4) is 0 Å². The lowest BCUT2D eigenvalue weighted by Crippen LogP contribution is -2.52. The lowest BCUT2D eigenvalue weighted by molar-refractivity contribution is 0.194. The van der Waals surface area contributed by atoms with Gasteiger partial charge in [-0.25, -0.2) is 4.79 Å². The molecule has 0 spiro atoms. The average Bonchev–Trinajstić information content (AvgIpc) is 2.54. The first-order valence-corrected chi connectivity index (χ1v) is 8.95. The fourth-order valence-electron chi connectivity index (χ4n) is 2.65. The van der Waals surface area contributed by atoms with Crippen molar-refractivity contribution in [3.63, 3.8) is 0 Å². The van der Waals surface area contributed by atoms with Crippen molar-refractivity contribution in [2.45, 2.75) is 13.3 Å². The molecule has 1 aromatic carbocycles. The zero-order valence-corrected chi connectivity index (χ0v) is 15.9. The number of benzene rings is 1. The molecule has 1 saturated heterocycles. The summed E-state index contributed by atoms with van der Waals surface area (Å²) >= 11 is 3.59. The van der Waals surface area contributed by atoms with Crippen LogP contribution in [0, 0.1) is 6.92 Å². The van der Waals surface area contributed by atoms with Gasteiger partial charge in [-0.15, -0.1) is 0 Å². The van der Waals surface area contributed by atoms with Gasteiger partial charge in [-0.2, -0.15) is 0 Å². The van der Waals surface area contributed by atoms with E-state index in [1.807, 2.05) is 19.0 Å². The number of carbonyl (C=O) groups is 1. The molecule has 1 aliphatic rings. The van der Waals surface area contributed by atoms with Crippen molar-refractivity contribution in [1.82, 2.24) is 15.1 Å². The van der Waals surface area contributed by atoms with Crippen LogP contribution in [0.15, 0.2) is 22.7 Å². The number of carbonyl (C=O) groups excluding carboxylic acids is 1. The molecule has 1 aromatic rings. The third kappa shape index (κ3) is 5.39. The number of anilines is 1. The molecule has 23 heavy (non-hydrogen) atoms. The largest absolute Gasteiger partial charge is 0.368 e. The molecule has 1 aliphatic heterocycles. The number of hydrogen-bond donors (Lipinski definition) is 1. The highest BCUT2D eigenvalue weighted by molar-refractivity contribution is 9.10. The Morgan fingerprint density at radius 2 is 1.96 bits per heavy atom. The second-order valence-electron chi connectivity index (χ2n) is 6.30. The van der Waals surface area contributed by atoms with Gasteiger partial charge in [0.1, 0.15) is 0 Å². The second-order valence-corrected chi connectivity index (χ2v) is 7.15. The van der Waals surface area contributed by atoms with Crippen molar-refractivity contribution in [2.24, 2.45) is 0 Å². The highest BCUT2D eigenvalue weighted by Gasteiger charge is 2.21. The van der Waals surface area contributed by atoms with Crippen LogP contribution in [0.5, 0.6) is 0 Å². The molecule has 1 fully saturated rings. The van der Waals surface area contributed by atoms with Gasteiger partial charge in [0, 0.05) is 42.9 Å². The molecule has 0 atom stereocenters. The Kier molecular flexibility index (Phi) is 6.72. The molecule has 6 heteroatoms. The summed E-state index contributed by atoms with van der Waals surface area (Å²) in [4.78, 5) is 18.5. The monoisotopic (exact) mass is 382 g/mol. The van der Waals surface area contributed by atoms with E-state index < -0.39 is 0 Å². The number of halogens is 1. The van der Waals surface area contributed by atoms with Crippen molar-refractivity contribution >= 4 is 27.6 Å². The second kappa shape index (κ2) is 8.55. The Hall–Kier alpha value is -1.27. The number of urea groups is 1. The summed E-state index contributed by atoms with van der Waals surface area (Å²) < 4.78 is 1.14. The normalized spacial score (nSPS) is 15.2. The molecule has 0 unspecified atom stereocenters. The van der Waals surface area contributed by atoms with E-state index >= 15 is 0 Å². The first-order valence-electron chi connectivity index (χ1n) is 8.16. The number of piperazine rings is 1. The van der Waals surface area contributed by atoms with E-state index in [1.165, 1.54) is 11.3 Å². The third-order valence-electron chi connectivity index (χ3n) is 4.15. The Morgan fingerprint density at radius 3 is 2.57 bits per heavy atom. The summed E-state index contributed by atoms with van der Waals surface area (Å²) in [5, 5.41) is 3.01. The highest BCUT2D eigenvalue weighted by Crippen LogP contribution is 2.24. The lowest BCUT2D eigenvalue weighted by Gasteiger charge is -2.36. The van der Waals surface area contributed by atoms with E-state index in [2.05, 4.69) is 56.2 Å². The van der Waals surface area contributed by atoms with Crippen LogP contribution in [0.2, 0.25) is 0 Å². The van der Waals surface area contributed by atoms with Crippen LogP contribution in [-0.2, 0) is 0 Å². The maximum absolute atomic E-state index is 12.2. The fraction of sp³-hybridized carbons (Fsp3) is 0.588. The molecule has 2 rings (SSSR count). The lowest BCUT2D eigenvalue weighted by atomic mass is 10.2. The molecule has 0 radical (unpaired) electrons. The van der Waals surface area contributed by atoms with Gasteiger partial charge in [0.05, 0.1) is 0 Å². The zero-order valence-electron chi connectivity index (χ0n) is 14.3. The molecule has 0 aromatic heterocycles. The van der Waals surface area contributed by atoms with Gasteiger partial charge >= 0.3 is 6.03 Å². The van der Waals surface area contributed by atoms with E-state index in [0.717, 1.165) is 50.2 Å². The summed E-state index contributed by atoms with van der Waals surface area (Å²) in [6.07, 6.45) is 0.982. The zero-order chi connectivity index (χ0) is 16.8. The molecule has 0 bridgehead atoms. The van der Waals surface area contributed by atoms with Crippen molar-refractivity contribution < 1.29 is 4.79 Å². The molecule has 0 aliphatic carbocycles. The quantitative estimate of drug-likeness (QED) is 0.795. The Labute approximate surface area is 147 Å². The predicted molar refractivity (Wildman–Crippen MR) is 99.2 cm³/mol. The summed E-state index contributed by atoms with van der Waals surface area (Å²) in [5.74, 6) is 0. The predicted octanol–water partition coefficient (Wildman–Crippen LogP) is 2.54. The third-order valence-corrected chi connectivity index (χ3v) is 5.00. The minimum Gasteiger partial charge on any atom is -0.368 e. The van der Waals surface area contributed by atoms with Crippen LogP contribution in [0.1, 0.15) is 12.0 Å². The van der Waals surface area contributed by atoms with Crippen LogP contribution in [-0.4, -0.2) is 69.2 Å². The topological polar surface area (TPSA) is 38.8 Å². The smallest absolute Gasteiger partial charge is 0.317 e. The number of rotatable bonds is 5. The van der Waals surface area contributed by atoms with Gasteiger partial charge in [0.25, 0.3) is 0 Å². The van der Waals surface area contributed by atoms with E-state index in [1.54, 1.807) is 0 Å². The number of aryl methyl sites for hydroxylation is 1. The molecule has 1 heterocycles. The standard InChI is InChI=1S/C17H27BrN4O/c1-14-5-6-15(13-16(14)18)21-9-11-22(12-10-21)17(23)19-7-4-8-20(2)3/h5-6,13H,4,7-12H2,1-3H3,(H,19,23). The van der Waals surface area contributed by atoms with Gasteiger partial charge in [0.2, 0.25) is 0 Å². The van der Waals surface area contributed by atoms with Crippen LogP contribution < -0.4 is 10.2 Å². The molecular weight excluding hydrogens is 356 g/mol. The summed E-state index contributed by atoms with van der Waals surface area (Å²) in [5.41, 5.74) is 2.46. The molecule has 1 N–H and O–H groups in total. The Balaban J connectivity index is 1.76. The van der Waals surface area contributed by atoms with Crippen LogP contribution in [0.25, 0.3) is 0 Å². The Morgan fingerprint density at radius 1 is 1.26 bits per heavy atom. The molecule has 2 amide bonds. The van der Waals surface area contributed by atoms with Crippen molar-refractivity contribution in [2.75, 3.05) is 58.3 Å². The average molecular weight is 383 g/mol. The maximum Gasteiger partial charge on any atom is 0.317 e. The van der Waals surface area contributed by atoms with Gasteiger partial charge in [-0.3, -0.25) is 0 Å². The maximum atomic E-state index is 12.2. The Bertz CT molecular complexity index is 527. The van der Waals surface area contributed by atoms with Crippen molar-refractivity contribution in [1.29, 1.82) is 0 Å². The summed E-state index contributed by atoms with van der Waals surface area (Å²) in [6, 6.07) is 6.50.